The van der Waals surface area contributed by atoms with E-state index >= 15 is 0 Å². The zero-order chi connectivity index (χ0) is 7.11. The zero-order valence-electron chi connectivity index (χ0n) is 5.64. The number of aliphatic hydroxyl groups excluding tert-OH is 1. The normalized spacial score (nSPS) is 13.7. The Morgan fingerprint density at radius 2 is 2.33 bits per heavy atom. The van der Waals surface area contributed by atoms with Gasteiger partial charge in [-0.3, -0.25) is 0 Å². The number of halogens is 1. The van der Waals surface area contributed by atoms with Crippen LogP contribution in [0.5, 0.6) is 0 Å². The SMILES string of the molecule is CCOC[C@@H](O)CCI. The molecule has 0 aliphatic rings. The summed E-state index contributed by atoms with van der Waals surface area (Å²) < 4.78 is 5.99. The topological polar surface area (TPSA) is 29.5 Å². The molecule has 0 aromatic carbocycles. The minimum Gasteiger partial charge on any atom is -0.391 e. The molecule has 0 radical (unpaired) electrons. The van der Waals surface area contributed by atoms with E-state index in [4.69, 9.17) is 9.84 Å². The summed E-state index contributed by atoms with van der Waals surface area (Å²) in [5.41, 5.74) is 0. The van der Waals surface area contributed by atoms with Gasteiger partial charge in [0.15, 0.2) is 0 Å². The first-order valence-electron chi connectivity index (χ1n) is 3.13. The smallest absolute Gasteiger partial charge is 0.0781 e. The monoisotopic (exact) mass is 244 g/mol. The molecule has 0 saturated carbocycles. The first-order valence-corrected chi connectivity index (χ1v) is 4.65. The van der Waals surface area contributed by atoms with Crippen LogP contribution in [-0.4, -0.2) is 28.9 Å². The largest absolute Gasteiger partial charge is 0.391 e. The molecule has 0 fully saturated rings. The Bertz CT molecular complexity index is 59.0. The van der Waals surface area contributed by atoms with Crippen molar-refractivity contribution < 1.29 is 9.84 Å². The van der Waals surface area contributed by atoms with Crippen LogP contribution in [0.4, 0.5) is 0 Å². The molecule has 0 bridgehead atoms. The Morgan fingerprint density at radius 1 is 1.67 bits per heavy atom. The molecule has 2 nitrogen and oxygen atoms in total. The lowest BCUT2D eigenvalue weighted by Gasteiger charge is -2.06. The maximum Gasteiger partial charge on any atom is 0.0781 e. The molecule has 0 aliphatic heterocycles. The van der Waals surface area contributed by atoms with Crippen molar-refractivity contribution in [3.05, 3.63) is 0 Å². The molecule has 9 heavy (non-hydrogen) atoms. The highest BCUT2D eigenvalue weighted by atomic mass is 127. The van der Waals surface area contributed by atoms with Crippen molar-refractivity contribution in [2.75, 3.05) is 17.6 Å². The van der Waals surface area contributed by atoms with Crippen LogP contribution >= 0.6 is 22.6 Å². The van der Waals surface area contributed by atoms with Gasteiger partial charge in [-0.15, -0.1) is 0 Å². The van der Waals surface area contributed by atoms with E-state index in [1.165, 1.54) is 0 Å². The van der Waals surface area contributed by atoms with Crippen LogP contribution < -0.4 is 0 Å². The van der Waals surface area contributed by atoms with E-state index in [0.717, 1.165) is 10.8 Å². The highest BCUT2D eigenvalue weighted by molar-refractivity contribution is 14.1. The van der Waals surface area contributed by atoms with E-state index in [-0.39, 0.29) is 6.10 Å². The molecular formula is C6H13IO2. The second-order valence-corrected chi connectivity index (χ2v) is 2.87. The lowest BCUT2D eigenvalue weighted by atomic mass is 10.3. The number of rotatable bonds is 5. The van der Waals surface area contributed by atoms with Crippen LogP contribution in [0.15, 0.2) is 0 Å². The fraction of sp³-hybridized carbons (Fsp3) is 1.00. The summed E-state index contributed by atoms with van der Waals surface area (Å²) in [7, 11) is 0. The Balaban J connectivity index is 2.95. The second kappa shape index (κ2) is 6.77. The third-order valence-electron chi connectivity index (χ3n) is 0.957. The van der Waals surface area contributed by atoms with E-state index < -0.39 is 0 Å². The third-order valence-corrected chi connectivity index (χ3v) is 1.58. The molecule has 0 aromatic heterocycles. The Hall–Kier alpha value is 0.650. The van der Waals surface area contributed by atoms with Crippen molar-refractivity contribution in [1.82, 2.24) is 0 Å². The van der Waals surface area contributed by atoms with E-state index in [1.54, 1.807) is 0 Å². The molecule has 1 N–H and O–H groups in total. The molecule has 0 amide bonds. The van der Waals surface area contributed by atoms with Crippen molar-refractivity contribution >= 4 is 22.6 Å². The maximum absolute atomic E-state index is 9.05. The lowest BCUT2D eigenvalue weighted by Crippen LogP contribution is -2.15. The van der Waals surface area contributed by atoms with Gasteiger partial charge in [0, 0.05) is 11.0 Å². The van der Waals surface area contributed by atoms with Crippen LogP contribution in [0.1, 0.15) is 13.3 Å². The minimum atomic E-state index is -0.262. The predicted octanol–water partition coefficient (Wildman–Crippen LogP) is 1.21. The summed E-state index contributed by atoms with van der Waals surface area (Å²) >= 11 is 2.24. The summed E-state index contributed by atoms with van der Waals surface area (Å²) in [6.45, 7) is 3.11. The van der Waals surface area contributed by atoms with Gasteiger partial charge in [0.05, 0.1) is 12.7 Å². The fourth-order valence-electron chi connectivity index (χ4n) is 0.463. The quantitative estimate of drug-likeness (QED) is 0.581. The zero-order valence-corrected chi connectivity index (χ0v) is 7.80. The van der Waals surface area contributed by atoms with Crippen LogP contribution in [0.25, 0.3) is 0 Å². The summed E-state index contributed by atoms with van der Waals surface area (Å²) in [5, 5.41) is 9.05. The van der Waals surface area contributed by atoms with Crippen molar-refractivity contribution in [2.24, 2.45) is 0 Å². The highest BCUT2D eigenvalue weighted by Gasteiger charge is 2.00. The van der Waals surface area contributed by atoms with E-state index in [0.29, 0.717) is 13.2 Å². The number of ether oxygens (including phenoxy) is 1. The van der Waals surface area contributed by atoms with Crippen LogP contribution in [0.3, 0.4) is 0 Å². The number of aliphatic hydroxyl groups is 1. The summed E-state index contributed by atoms with van der Waals surface area (Å²) in [6.07, 6.45) is 0.572. The first-order chi connectivity index (χ1) is 4.31. The van der Waals surface area contributed by atoms with Crippen molar-refractivity contribution in [3.8, 4) is 0 Å². The third kappa shape index (κ3) is 6.54. The summed E-state index contributed by atoms with van der Waals surface area (Å²) in [5.74, 6) is 0. The summed E-state index contributed by atoms with van der Waals surface area (Å²) in [4.78, 5) is 0. The van der Waals surface area contributed by atoms with Crippen molar-refractivity contribution in [1.29, 1.82) is 0 Å². The molecule has 0 spiro atoms. The van der Waals surface area contributed by atoms with Crippen molar-refractivity contribution in [2.45, 2.75) is 19.4 Å². The van der Waals surface area contributed by atoms with Crippen LogP contribution in [0.2, 0.25) is 0 Å². The van der Waals surface area contributed by atoms with Gasteiger partial charge < -0.3 is 9.84 Å². The van der Waals surface area contributed by atoms with E-state index in [9.17, 15) is 0 Å². The predicted molar refractivity (Wildman–Crippen MR) is 46.0 cm³/mol. The molecular weight excluding hydrogens is 231 g/mol. The maximum atomic E-state index is 9.05. The lowest BCUT2D eigenvalue weighted by molar-refractivity contribution is 0.0418. The molecule has 56 valence electrons. The molecule has 0 saturated heterocycles. The number of alkyl halides is 1. The molecule has 0 aliphatic carbocycles. The molecule has 0 heterocycles. The Kier molecular flexibility index (Phi) is 7.25. The highest BCUT2D eigenvalue weighted by Crippen LogP contribution is 1.96. The van der Waals surface area contributed by atoms with E-state index in [1.807, 2.05) is 6.92 Å². The standard InChI is InChI=1S/C6H13IO2/c1-2-9-5-6(8)3-4-7/h6,8H,2-5H2,1H3/t6-/m0/s1. The van der Waals surface area contributed by atoms with Gasteiger partial charge in [-0.2, -0.15) is 0 Å². The van der Waals surface area contributed by atoms with Gasteiger partial charge in [0.2, 0.25) is 0 Å². The van der Waals surface area contributed by atoms with Crippen LogP contribution in [-0.2, 0) is 4.74 Å². The van der Waals surface area contributed by atoms with Gasteiger partial charge in [-0.25, -0.2) is 0 Å². The molecule has 0 rings (SSSR count). The average Bonchev–Trinajstić information content (AvgIpc) is 1.85. The van der Waals surface area contributed by atoms with Crippen LogP contribution in [0, 0.1) is 0 Å². The first kappa shape index (κ1) is 9.65. The molecule has 0 unspecified atom stereocenters. The molecule has 0 aromatic rings. The molecule has 1 atom stereocenters. The average molecular weight is 244 g/mol. The second-order valence-electron chi connectivity index (χ2n) is 1.79. The fourth-order valence-corrected chi connectivity index (χ4v) is 1.18. The van der Waals surface area contributed by atoms with Gasteiger partial charge >= 0.3 is 0 Å². The Labute approximate surface area is 69.7 Å². The van der Waals surface area contributed by atoms with Gasteiger partial charge in [-0.05, 0) is 13.3 Å². The molecule has 3 heteroatoms. The number of hydrogen-bond donors (Lipinski definition) is 1. The van der Waals surface area contributed by atoms with Gasteiger partial charge in [0.1, 0.15) is 0 Å². The van der Waals surface area contributed by atoms with Crippen molar-refractivity contribution in [3.63, 3.8) is 0 Å². The number of hydrogen-bond acceptors (Lipinski definition) is 2. The minimum absolute atomic E-state index is 0.262. The Morgan fingerprint density at radius 3 is 2.78 bits per heavy atom. The van der Waals surface area contributed by atoms with Gasteiger partial charge in [0.25, 0.3) is 0 Å². The van der Waals surface area contributed by atoms with Gasteiger partial charge in [-0.1, -0.05) is 22.6 Å². The van der Waals surface area contributed by atoms with E-state index in [2.05, 4.69) is 22.6 Å². The summed E-state index contributed by atoms with van der Waals surface area (Å²) in [6, 6.07) is 0.